The summed E-state index contributed by atoms with van der Waals surface area (Å²) < 4.78 is 7.62. The van der Waals surface area contributed by atoms with Crippen LogP contribution < -0.4 is 9.70 Å². The number of aromatic nitrogens is 1. The summed E-state index contributed by atoms with van der Waals surface area (Å²) in [5.74, 6) is 2.12. The summed E-state index contributed by atoms with van der Waals surface area (Å²) in [5.41, 5.74) is 3.36. The molecular weight excluding hydrogens is 482 g/mol. The molecule has 0 bridgehead atoms. The van der Waals surface area contributed by atoms with Crippen molar-refractivity contribution in [2.24, 2.45) is 4.99 Å². The Bertz CT molecular complexity index is 1380. The van der Waals surface area contributed by atoms with Gasteiger partial charge in [0.05, 0.1) is 40.4 Å². The molecule has 0 atom stereocenters. The topological polar surface area (TPSA) is 81.0 Å². The maximum Gasteiger partial charge on any atom is 0.338 e. The van der Waals surface area contributed by atoms with Crippen LogP contribution in [0.4, 0.5) is 5.69 Å². The van der Waals surface area contributed by atoms with Crippen molar-refractivity contribution >= 4 is 56.8 Å². The number of thioether (sulfide) groups is 1. The fourth-order valence-corrected chi connectivity index (χ4v) is 5.74. The second kappa shape index (κ2) is 11.4. The van der Waals surface area contributed by atoms with Gasteiger partial charge in [-0.1, -0.05) is 35.5 Å². The summed E-state index contributed by atoms with van der Waals surface area (Å²) in [6.07, 6.45) is 7.44. The van der Waals surface area contributed by atoms with E-state index >= 15 is 0 Å². The fourth-order valence-electron chi connectivity index (χ4n) is 3.98. The van der Waals surface area contributed by atoms with Gasteiger partial charge in [0.25, 0.3) is 5.91 Å². The molecule has 0 saturated carbocycles. The highest BCUT2D eigenvalue weighted by Gasteiger charge is 2.22. The molecule has 0 radical (unpaired) electrons. The van der Waals surface area contributed by atoms with Crippen LogP contribution in [0.2, 0.25) is 0 Å². The lowest BCUT2D eigenvalue weighted by Gasteiger charge is -2.29. The number of hydrogen-bond donors (Lipinski definition) is 0. The Morgan fingerprint density at radius 2 is 2.03 bits per heavy atom. The van der Waals surface area contributed by atoms with Gasteiger partial charge in [-0.2, -0.15) is 4.99 Å². The monoisotopic (exact) mass is 507 g/mol. The number of thiazole rings is 1. The Hall–Kier alpha value is -3.35. The number of carbonyl (C=O) groups is 3. The molecule has 3 aromatic rings. The average Bonchev–Trinajstić information content (AvgIpc) is 3.19. The first kappa shape index (κ1) is 24.8. The highest BCUT2D eigenvalue weighted by molar-refractivity contribution is 8.00. The van der Waals surface area contributed by atoms with Gasteiger partial charge in [-0.3, -0.25) is 9.59 Å². The molecule has 9 heteroatoms. The zero-order chi connectivity index (χ0) is 24.8. The summed E-state index contributed by atoms with van der Waals surface area (Å²) in [6.45, 7) is 2.97. The molecule has 0 N–H and O–H groups in total. The van der Waals surface area contributed by atoms with Crippen LogP contribution in [-0.4, -0.2) is 47.0 Å². The van der Waals surface area contributed by atoms with Gasteiger partial charge in [-0.15, -0.1) is 18.2 Å². The normalized spacial score (nSPS) is 13.4. The first-order chi connectivity index (χ1) is 17.0. The van der Waals surface area contributed by atoms with Crippen molar-refractivity contribution in [1.29, 1.82) is 0 Å². The molecule has 2 heterocycles. The van der Waals surface area contributed by atoms with Crippen molar-refractivity contribution in [3.63, 3.8) is 0 Å². The molecule has 180 valence electrons. The third-order valence-corrected chi connectivity index (χ3v) is 7.47. The van der Waals surface area contributed by atoms with E-state index in [1.54, 1.807) is 34.6 Å². The van der Waals surface area contributed by atoms with Gasteiger partial charge in [-0.05, 0) is 49.6 Å². The Labute approximate surface area is 211 Å². The summed E-state index contributed by atoms with van der Waals surface area (Å²) in [4.78, 5) is 44.0. The predicted molar refractivity (Wildman–Crippen MR) is 140 cm³/mol. The van der Waals surface area contributed by atoms with Crippen LogP contribution in [0.15, 0.2) is 47.5 Å². The van der Waals surface area contributed by atoms with Gasteiger partial charge in [0, 0.05) is 12.2 Å². The lowest BCUT2D eigenvalue weighted by Crippen LogP contribution is -2.36. The minimum atomic E-state index is -0.404. The van der Waals surface area contributed by atoms with Crippen molar-refractivity contribution in [2.75, 3.05) is 29.6 Å². The molecule has 2 aromatic carbocycles. The molecule has 0 saturated heterocycles. The molecule has 0 unspecified atom stereocenters. The molecule has 0 spiro atoms. The third kappa shape index (κ3) is 5.66. The maximum absolute atomic E-state index is 12.8. The average molecular weight is 508 g/mol. The minimum Gasteiger partial charge on any atom is -0.462 e. The molecule has 2 amide bonds. The van der Waals surface area contributed by atoms with Crippen molar-refractivity contribution in [3.8, 4) is 12.3 Å². The number of rotatable bonds is 7. The summed E-state index contributed by atoms with van der Waals surface area (Å²) in [5, 5.41) is 0. The zero-order valence-corrected chi connectivity index (χ0v) is 21.0. The smallest absolute Gasteiger partial charge is 0.338 e. The van der Waals surface area contributed by atoms with Crippen molar-refractivity contribution in [3.05, 3.63) is 58.4 Å². The van der Waals surface area contributed by atoms with Gasteiger partial charge >= 0.3 is 5.97 Å². The number of para-hydroxylation sites is 1. The number of ether oxygens (including phenoxy) is 1. The lowest BCUT2D eigenvalue weighted by molar-refractivity contribution is -0.116. The third-order valence-electron chi connectivity index (χ3n) is 5.53. The van der Waals surface area contributed by atoms with Crippen LogP contribution in [0.5, 0.6) is 0 Å². The molecule has 4 rings (SSSR count). The van der Waals surface area contributed by atoms with Crippen LogP contribution in [0.3, 0.4) is 0 Å². The quantitative estimate of drug-likeness (QED) is 0.360. The first-order valence-electron chi connectivity index (χ1n) is 11.3. The number of terminal acetylenes is 1. The van der Waals surface area contributed by atoms with Crippen LogP contribution in [0.1, 0.15) is 29.3 Å². The number of fused-ring (bicyclic) bond motifs is 2. The number of hydrogen-bond acceptors (Lipinski definition) is 6. The second-order valence-corrected chi connectivity index (χ2v) is 9.85. The number of benzene rings is 2. The highest BCUT2D eigenvalue weighted by atomic mass is 32.2. The second-order valence-electron chi connectivity index (χ2n) is 7.85. The number of esters is 1. The fraction of sp³-hybridized carbons (Fsp3) is 0.308. The Balaban J connectivity index is 1.46. The van der Waals surface area contributed by atoms with Crippen LogP contribution in [0.25, 0.3) is 10.2 Å². The summed E-state index contributed by atoms with van der Waals surface area (Å²) in [6, 6.07) is 13.1. The van der Waals surface area contributed by atoms with E-state index in [1.165, 1.54) is 28.7 Å². The van der Waals surface area contributed by atoms with E-state index < -0.39 is 5.97 Å². The van der Waals surface area contributed by atoms with Gasteiger partial charge < -0.3 is 14.2 Å². The predicted octanol–water partition coefficient (Wildman–Crippen LogP) is 3.65. The van der Waals surface area contributed by atoms with E-state index in [2.05, 4.69) is 17.0 Å². The minimum absolute atomic E-state index is 0.00861. The molecule has 35 heavy (non-hydrogen) atoms. The van der Waals surface area contributed by atoms with Crippen LogP contribution in [-0.2, 0) is 27.3 Å². The van der Waals surface area contributed by atoms with E-state index in [-0.39, 0.29) is 36.5 Å². The van der Waals surface area contributed by atoms with E-state index in [4.69, 9.17) is 11.2 Å². The molecule has 1 aromatic heterocycles. The Morgan fingerprint density at radius 3 is 2.83 bits per heavy atom. The molecule has 0 fully saturated rings. The number of carbonyl (C=O) groups excluding carboxylic acids is 3. The largest absolute Gasteiger partial charge is 0.462 e. The zero-order valence-electron chi connectivity index (χ0n) is 19.4. The van der Waals surface area contributed by atoms with Crippen LogP contribution >= 0.6 is 23.1 Å². The van der Waals surface area contributed by atoms with Crippen molar-refractivity contribution < 1.29 is 19.1 Å². The Morgan fingerprint density at radius 1 is 1.20 bits per heavy atom. The summed E-state index contributed by atoms with van der Waals surface area (Å²) in [7, 11) is 0. The number of nitrogens with zero attached hydrogens (tertiary/aromatic N) is 3. The van der Waals surface area contributed by atoms with E-state index in [0.29, 0.717) is 16.9 Å². The molecule has 1 aliphatic heterocycles. The molecule has 0 aliphatic carbocycles. The standard InChI is InChI=1S/C26H25N3O4S2/c1-3-13-29-21-12-11-19(25(32)33-4-2)15-22(21)35-26(29)27-23(30)16-34-17-24(31)28-14-7-9-18-8-5-6-10-20(18)28/h1,5-6,8,10-12,15H,4,7,9,13-14,16-17H2,2H3. The highest BCUT2D eigenvalue weighted by Crippen LogP contribution is 2.27. The maximum atomic E-state index is 12.8. The molecular formula is C26H25N3O4S2. The van der Waals surface area contributed by atoms with Gasteiger partial charge in [0.1, 0.15) is 0 Å². The molecule has 7 nitrogen and oxygen atoms in total. The van der Waals surface area contributed by atoms with Gasteiger partial charge in [0.2, 0.25) is 5.91 Å². The van der Waals surface area contributed by atoms with Crippen molar-refractivity contribution in [1.82, 2.24) is 4.57 Å². The van der Waals surface area contributed by atoms with E-state index in [1.807, 2.05) is 18.2 Å². The van der Waals surface area contributed by atoms with Crippen LogP contribution in [0, 0.1) is 12.3 Å². The number of anilines is 1. The first-order valence-corrected chi connectivity index (χ1v) is 13.3. The van der Waals surface area contributed by atoms with E-state index in [9.17, 15) is 14.4 Å². The Kier molecular flexibility index (Phi) is 8.06. The lowest BCUT2D eigenvalue weighted by atomic mass is 10.0. The van der Waals surface area contributed by atoms with Crippen molar-refractivity contribution in [2.45, 2.75) is 26.3 Å². The SMILES string of the molecule is C#CCn1c(=NC(=O)CSCC(=O)N2CCCc3ccccc32)sc2cc(C(=O)OCC)ccc21. The summed E-state index contributed by atoms with van der Waals surface area (Å²) >= 11 is 2.54. The molecule has 1 aliphatic rings. The van der Waals surface area contributed by atoms with Gasteiger partial charge in [0.15, 0.2) is 4.80 Å². The van der Waals surface area contributed by atoms with E-state index in [0.717, 1.165) is 28.7 Å². The van der Waals surface area contributed by atoms with Gasteiger partial charge in [-0.25, -0.2) is 4.79 Å². The number of amides is 2. The number of aryl methyl sites for hydroxylation is 1.